The molecule has 0 aromatic heterocycles. The molecule has 0 unspecified atom stereocenters. The number of benzene rings is 1. The lowest BCUT2D eigenvalue weighted by atomic mass is 10.3. The normalized spacial score (nSPS) is 11.7. The van der Waals surface area contributed by atoms with Crippen LogP contribution in [-0.4, -0.2) is 18.0 Å². The molecule has 17 heavy (non-hydrogen) atoms. The van der Waals surface area contributed by atoms with E-state index in [4.69, 9.17) is 22.1 Å². The van der Waals surface area contributed by atoms with Crippen molar-refractivity contribution in [3.63, 3.8) is 0 Å². The Balaban J connectivity index is 2.67. The minimum atomic E-state index is -0.970. The fourth-order valence-electron chi connectivity index (χ4n) is 1.03. The lowest BCUT2D eigenvalue weighted by Crippen LogP contribution is -2.42. The number of halogens is 2. The summed E-state index contributed by atoms with van der Waals surface area (Å²) in [7, 11) is 0. The van der Waals surface area contributed by atoms with Gasteiger partial charge in [-0.3, -0.25) is 10.1 Å². The Morgan fingerprint density at radius 3 is 2.71 bits per heavy atom. The highest BCUT2D eigenvalue weighted by atomic mass is 35.5. The van der Waals surface area contributed by atoms with Crippen LogP contribution in [0.25, 0.3) is 0 Å². The van der Waals surface area contributed by atoms with Crippen molar-refractivity contribution < 1.29 is 18.7 Å². The molecule has 0 fully saturated rings. The molecule has 0 heterocycles. The Bertz CT molecular complexity index is 453. The van der Waals surface area contributed by atoms with Crippen molar-refractivity contribution in [1.29, 1.82) is 0 Å². The largest absolute Gasteiger partial charge is 0.481 e. The Morgan fingerprint density at radius 2 is 2.18 bits per heavy atom. The van der Waals surface area contributed by atoms with Gasteiger partial charge >= 0.3 is 6.03 Å². The number of rotatable bonds is 3. The number of primary amides is 1. The molecule has 0 bridgehead atoms. The van der Waals surface area contributed by atoms with E-state index in [2.05, 4.69) is 0 Å². The lowest BCUT2D eigenvalue weighted by molar-refractivity contribution is -0.126. The van der Waals surface area contributed by atoms with E-state index in [-0.39, 0.29) is 10.8 Å². The first-order valence-electron chi connectivity index (χ1n) is 4.62. The minimum Gasteiger partial charge on any atom is -0.481 e. The first-order valence-corrected chi connectivity index (χ1v) is 5.00. The summed E-state index contributed by atoms with van der Waals surface area (Å²) in [5, 5.41) is 1.74. The van der Waals surface area contributed by atoms with Gasteiger partial charge in [-0.1, -0.05) is 11.6 Å². The van der Waals surface area contributed by atoms with Gasteiger partial charge in [0.2, 0.25) is 0 Å². The van der Waals surface area contributed by atoms with Gasteiger partial charge in [-0.05, 0) is 19.1 Å². The van der Waals surface area contributed by atoms with E-state index in [1.165, 1.54) is 19.1 Å². The zero-order valence-electron chi connectivity index (χ0n) is 8.87. The molecule has 0 aliphatic heterocycles. The van der Waals surface area contributed by atoms with Gasteiger partial charge in [0.1, 0.15) is 11.6 Å². The fraction of sp³-hybridized carbons (Fsp3) is 0.200. The first kappa shape index (κ1) is 13.2. The summed E-state index contributed by atoms with van der Waals surface area (Å²) in [5.74, 6) is -1.07. The van der Waals surface area contributed by atoms with Crippen LogP contribution in [-0.2, 0) is 4.79 Å². The van der Waals surface area contributed by atoms with Crippen molar-refractivity contribution in [2.75, 3.05) is 0 Å². The van der Waals surface area contributed by atoms with E-state index in [0.717, 1.165) is 6.07 Å². The summed E-state index contributed by atoms with van der Waals surface area (Å²) in [5.41, 5.74) is 4.77. The zero-order chi connectivity index (χ0) is 13.0. The van der Waals surface area contributed by atoms with Crippen LogP contribution >= 0.6 is 11.6 Å². The second kappa shape index (κ2) is 5.49. The molecule has 1 rings (SSSR count). The van der Waals surface area contributed by atoms with Crippen molar-refractivity contribution in [2.45, 2.75) is 13.0 Å². The number of ether oxygens (including phenoxy) is 1. The highest BCUT2D eigenvalue weighted by molar-refractivity contribution is 6.30. The molecular formula is C10H10ClFN2O3. The second-order valence-corrected chi connectivity index (χ2v) is 3.60. The third-order valence-corrected chi connectivity index (χ3v) is 2.11. The molecular weight excluding hydrogens is 251 g/mol. The quantitative estimate of drug-likeness (QED) is 0.863. The second-order valence-electron chi connectivity index (χ2n) is 3.19. The molecule has 1 atom stereocenters. The molecule has 7 heteroatoms. The number of urea groups is 1. The highest BCUT2D eigenvalue weighted by Gasteiger charge is 2.16. The Hall–Kier alpha value is -1.82. The third-order valence-electron chi connectivity index (χ3n) is 1.82. The van der Waals surface area contributed by atoms with Crippen LogP contribution < -0.4 is 15.8 Å². The summed E-state index contributed by atoms with van der Waals surface area (Å²) in [6.45, 7) is 1.41. The third kappa shape index (κ3) is 3.92. The highest BCUT2D eigenvalue weighted by Crippen LogP contribution is 2.21. The predicted octanol–water partition coefficient (Wildman–Crippen LogP) is 1.44. The van der Waals surface area contributed by atoms with Crippen molar-refractivity contribution >= 4 is 23.5 Å². The molecule has 3 amide bonds. The number of carbonyl (C=O) groups excluding carboxylic acids is 2. The summed E-state index contributed by atoms with van der Waals surface area (Å²) < 4.78 is 18.0. The number of imide groups is 1. The van der Waals surface area contributed by atoms with E-state index < -0.39 is 23.9 Å². The van der Waals surface area contributed by atoms with Crippen molar-refractivity contribution in [3.05, 3.63) is 29.0 Å². The standard InChI is InChI=1S/C10H10ClFN2O3/c1-5(9(15)14-10(13)16)17-6-2-3-8(12)7(11)4-6/h2-5H,1H3,(H3,13,14,15,16)/t5-/m0/s1. The molecule has 1 aromatic rings. The van der Waals surface area contributed by atoms with E-state index in [1.54, 1.807) is 0 Å². The molecule has 0 aliphatic rings. The fourth-order valence-corrected chi connectivity index (χ4v) is 1.20. The van der Waals surface area contributed by atoms with Gasteiger partial charge in [0.15, 0.2) is 6.10 Å². The van der Waals surface area contributed by atoms with Crippen molar-refractivity contribution in [1.82, 2.24) is 5.32 Å². The Labute approximate surface area is 102 Å². The van der Waals surface area contributed by atoms with Gasteiger partial charge in [-0.15, -0.1) is 0 Å². The molecule has 92 valence electrons. The van der Waals surface area contributed by atoms with Crippen LogP contribution in [0.5, 0.6) is 5.75 Å². The van der Waals surface area contributed by atoms with Gasteiger partial charge in [-0.25, -0.2) is 9.18 Å². The van der Waals surface area contributed by atoms with E-state index in [1.807, 2.05) is 5.32 Å². The maximum atomic E-state index is 12.8. The number of amides is 3. The average Bonchev–Trinajstić information content (AvgIpc) is 2.22. The summed E-state index contributed by atoms with van der Waals surface area (Å²) in [4.78, 5) is 21.7. The van der Waals surface area contributed by atoms with Crippen LogP contribution in [0.3, 0.4) is 0 Å². The van der Waals surface area contributed by atoms with Crippen LogP contribution in [0.4, 0.5) is 9.18 Å². The molecule has 5 nitrogen and oxygen atoms in total. The summed E-state index contributed by atoms with van der Waals surface area (Å²) in [6, 6.07) is 2.68. The van der Waals surface area contributed by atoms with Gasteiger partial charge < -0.3 is 10.5 Å². The first-order chi connectivity index (χ1) is 7.90. The van der Waals surface area contributed by atoms with Crippen molar-refractivity contribution in [2.24, 2.45) is 5.73 Å². The van der Waals surface area contributed by atoms with E-state index in [0.29, 0.717) is 0 Å². The minimum absolute atomic E-state index is 0.120. The monoisotopic (exact) mass is 260 g/mol. The van der Waals surface area contributed by atoms with Gasteiger partial charge in [0.25, 0.3) is 5.91 Å². The Kier molecular flexibility index (Phi) is 4.28. The predicted molar refractivity (Wildman–Crippen MR) is 59.2 cm³/mol. The van der Waals surface area contributed by atoms with Crippen LogP contribution in [0.1, 0.15) is 6.92 Å². The topological polar surface area (TPSA) is 81.4 Å². The molecule has 0 radical (unpaired) electrons. The van der Waals surface area contributed by atoms with Gasteiger partial charge in [0.05, 0.1) is 5.02 Å². The molecule has 0 saturated heterocycles. The van der Waals surface area contributed by atoms with Gasteiger partial charge in [-0.2, -0.15) is 0 Å². The average molecular weight is 261 g/mol. The number of nitrogens with two attached hydrogens (primary N) is 1. The summed E-state index contributed by atoms with van der Waals surface area (Å²) >= 11 is 5.53. The maximum absolute atomic E-state index is 12.8. The van der Waals surface area contributed by atoms with Crippen LogP contribution in [0.2, 0.25) is 5.02 Å². The molecule has 0 aliphatic carbocycles. The maximum Gasteiger partial charge on any atom is 0.318 e. The van der Waals surface area contributed by atoms with E-state index in [9.17, 15) is 14.0 Å². The molecule has 0 spiro atoms. The zero-order valence-corrected chi connectivity index (χ0v) is 9.62. The SMILES string of the molecule is C[C@H](Oc1ccc(F)c(Cl)c1)C(=O)NC(N)=O. The number of hydrogen-bond donors (Lipinski definition) is 2. The number of hydrogen-bond acceptors (Lipinski definition) is 3. The Morgan fingerprint density at radius 1 is 1.53 bits per heavy atom. The summed E-state index contributed by atoms with van der Waals surface area (Å²) in [6.07, 6.45) is -0.955. The molecule has 0 saturated carbocycles. The van der Waals surface area contributed by atoms with Gasteiger partial charge in [0, 0.05) is 6.07 Å². The van der Waals surface area contributed by atoms with E-state index >= 15 is 0 Å². The molecule has 1 aromatic carbocycles. The van der Waals surface area contributed by atoms with Crippen LogP contribution in [0, 0.1) is 5.82 Å². The lowest BCUT2D eigenvalue weighted by Gasteiger charge is -2.13. The number of nitrogens with one attached hydrogen (secondary N) is 1. The number of carbonyl (C=O) groups is 2. The van der Waals surface area contributed by atoms with Crippen molar-refractivity contribution in [3.8, 4) is 5.75 Å². The molecule has 3 N–H and O–H groups in total. The smallest absolute Gasteiger partial charge is 0.318 e. The van der Waals surface area contributed by atoms with Crippen LogP contribution in [0.15, 0.2) is 18.2 Å².